The first-order chi connectivity index (χ1) is 6.14. The van der Waals surface area contributed by atoms with Crippen LogP contribution in [-0.4, -0.2) is 11.7 Å². The van der Waals surface area contributed by atoms with Crippen LogP contribution in [0.15, 0.2) is 0 Å². The van der Waals surface area contributed by atoms with Crippen molar-refractivity contribution in [2.24, 2.45) is 11.3 Å². The van der Waals surface area contributed by atoms with E-state index in [4.69, 9.17) is 5.11 Å². The quantitative estimate of drug-likeness (QED) is 0.694. The Labute approximate surface area is 82.5 Å². The zero-order valence-corrected chi connectivity index (χ0v) is 9.18. The van der Waals surface area contributed by atoms with Crippen molar-refractivity contribution in [3.8, 4) is 0 Å². The summed E-state index contributed by atoms with van der Waals surface area (Å²) in [5, 5.41) is 9.09. The molecule has 1 heteroatoms. The highest BCUT2D eigenvalue weighted by Crippen LogP contribution is 2.31. The lowest BCUT2D eigenvalue weighted by atomic mass is 9.86. The predicted octanol–water partition coefficient (Wildman–Crippen LogP) is 3.37. The van der Waals surface area contributed by atoms with E-state index < -0.39 is 0 Å². The standard InChI is InChI=1S/C12H24O/c1-12(2,10-13)9-5-8-11-6-3-4-7-11/h11,13H,3-10H2,1-2H3. The summed E-state index contributed by atoms with van der Waals surface area (Å²) in [6.07, 6.45) is 9.70. The highest BCUT2D eigenvalue weighted by atomic mass is 16.3. The zero-order valence-electron chi connectivity index (χ0n) is 9.18. The molecule has 0 bridgehead atoms. The molecular weight excluding hydrogens is 160 g/mol. The van der Waals surface area contributed by atoms with Gasteiger partial charge < -0.3 is 5.11 Å². The van der Waals surface area contributed by atoms with E-state index in [1.807, 2.05) is 0 Å². The molecule has 1 nitrogen and oxygen atoms in total. The number of hydrogen-bond acceptors (Lipinski definition) is 1. The summed E-state index contributed by atoms with van der Waals surface area (Å²) in [6.45, 7) is 4.64. The van der Waals surface area contributed by atoms with Gasteiger partial charge in [-0.3, -0.25) is 0 Å². The van der Waals surface area contributed by atoms with Gasteiger partial charge in [-0.1, -0.05) is 52.4 Å². The minimum absolute atomic E-state index is 0.151. The van der Waals surface area contributed by atoms with E-state index >= 15 is 0 Å². The van der Waals surface area contributed by atoms with Crippen molar-refractivity contribution in [3.05, 3.63) is 0 Å². The van der Waals surface area contributed by atoms with E-state index in [0.717, 1.165) is 5.92 Å². The maximum absolute atomic E-state index is 9.09. The number of hydrogen-bond donors (Lipinski definition) is 1. The van der Waals surface area contributed by atoms with Gasteiger partial charge in [0.15, 0.2) is 0 Å². The minimum Gasteiger partial charge on any atom is -0.396 e. The maximum atomic E-state index is 9.09. The van der Waals surface area contributed by atoms with Gasteiger partial charge in [-0.05, 0) is 17.8 Å². The molecule has 13 heavy (non-hydrogen) atoms. The molecule has 0 unspecified atom stereocenters. The Hall–Kier alpha value is -0.0400. The van der Waals surface area contributed by atoms with Gasteiger partial charge >= 0.3 is 0 Å². The summed E-state index contributed by atoms with van der Waals surface area (Å²) in [7, 11) is 0. The van der Waals surface area contributed by atoms with Gasteiger partial charge in [-0.25, -0.2) is 0 Å². The lowest BCUT2D eigenvalue weighted by Gasteiger charge is -2.22. The number of aliphatic hydroxyl groups is 1. The van der Waals surface area contributed by atoms with E-state index in [2.05, 4.69) is 13.8 Å². The molecule has 1 rings (SSSR count). The molecule has 0 aromatic carbocycles. The molecule has 0 radical (unpaired) electrons. The molecule has 1 aliphatic carbocycles. The van der Waals surface area contributed by atoms with Crippen molar-refractivity contribution < 1.29 is 5.11 Å². The second-order valence-electron chi connectivity index (χ2n) is 5.37. The topological polar surface area (TPSA) is 20.2 Å². The second kappa shape index (κ2) is 4.99. The molecular formula is C12H24O. The summed E-state index contributed by atoms with van der Waals surface area (Å²) in [5.41, 5.74) is 0.151. The van der Waals surface area contributed by atoms with Crippen LogP contribution in [-0.2, 0) is 0 Å². The number of aliphatic hydroxyl groups excluding tert-OH is 1. The second-order valence-corrected chi connectivity index (χ2v) is 5.37. The van der Waals surface area contributed by atoms with Crippen LogP contribution in [0.5, 0.6) is 0 Å². The fourth-order valence-corrected chi connectivity index (χ4v) is 2.25. The summed E-state index contributed by atoms with van der Waals surface area (Å²) in [5.74, 6) is 1.01. The molecule has 0 aromatic rings. The Bertz CT molecular complexity index is 134. The van der Waals surface area contributed by atoms with Crippen LogP contribution in [0.4, 0.5) is 0 Å². The van der Waals surface area contributed by atoms with Crippen LogP contribution in [0, 0.1) is 11.3 Å². The van der Waals surface area contributed by atoms with Gasteiger partial charge in [0.2, 0.25) is 0 Å². The van der Waals surface area contributed by atoms with Gasteiger partial charge in [-0.2, -0.15) is 0 Å². The van der Waals surface area contributed by atoms with Crippen LogP contribution >= 0.6 is 0 Å². The fourth-order valence-electron chi connectivity index (χ4n) is 2.25. The van der Waals surface area contributed by atoms with E-state index in [0.29, 0.717) is 6.61 Å². The summed E-state index contributed by atoms with van der Waals surface area (Å²) >= 11 is 0. The molecule has 78 valence electrons. The third-order valence-electron chi connectivity index (χ3n) is 3.37. The predicted molar refractivity (Wildman–Crippen MR) is 56.7 cm³/mol. The molecule has 0 spiro atoms. The molecule has 0 aliphatic heterocycles. The third-order valence-corrected chi connectivity index (χ3v) is 3.37. The Morgan fingerprint density at radius 2 is 1.85 bits per heavy atom. The Morgan fingerprint density at radius 3 is 2.38 bits per heavy atom. The molecule has 0 amide bonds. The van der Waals surface area contributed by atoms with Gasteiger partial charge in [-0.15, -0.1) is 0 Å². The van der Waals surface area contributed by atoms with Crippen molar-refractivity contribution in [3.63, 3.8) is 0 Å². The monoisotopic (exact) mass is 184 g/mol. The Morgan fingerprint density at radius 1 is 1.23 bits per heavy atom. The lowest BCUT2D eigenvalue weighted by molar-refractivity contribution is 0.145. The van der Waals surface area contributed by atoms with E-state index in [1.54, 1.807) is 0 Å². The van der Waals surface area contributed by atoms with Crippen molar-refractivity contribution >= 4 is 0 Å². The van der Waals surface area contributed by atoms with Gasteiger partial charge in [0, 0.05) is 6.61 Å². The summed E-state index contributed by atoms with van der Waals surface area (Å²) < 4.78 is 0. The van der Waals surface area contributed by atoms with Crippen molar-refractivity contribution in [1.29, 1.82) is 0 Å². The molecule has 0 saturated heterocycles. The first-order valence-electron chi connectivity index (χ1n) is 5.75. The third kappa shape index (κ3) is 4.12. The molecule has 1 fully saturated rings. The average Bonchev–Trinajstić information content (AvgIpc) is 2.57. The highest BCUT2D eigenvalue weighted by Gasteiger charge is 2.18. The first kappa shape index (κ1) is 11.0. The molecule has 0 atom stereocenters. The van der Waals surface area contributed by atoms with Crippen LogP contribution < -0.4 is 0 Å². The van der Waals surface area contributed by atoms with E-state index in [1.165, 1.54) is 44.9 Å². The van der Waals surface area contributed by atoms with Crippen LogP contribution in [0.2, 0.25) is 0 Å². The SMILES string of the molecule is CC(C)(CO)CCCC1CCCC1. The zero-order chi connectivity index (χ0) is 9.73. The Kier molecular flexibility index (Phi) is 4.24. The molecule has 0 heterocycles. The van der Waals surface area contributed by atoms with Crippen LogP contribution in [0.1, 0.15) is 58.8 Å². The van der Waals surface area contributed by atoms with Crippen molar-refractivity contribution in [2.45, 2.75) is 58.8 Å². The van der Waals surface area contributed by atoms with Gasteiger partial charge in [0.1, 0.15) is 0 Å². The van der Waals surface area contributed by atoms with Crippen molar-refractivity contribution in [2.75, 3.05) is 6.61 Å². The lowest BCUT2D eigenvalue weighted by Crippen LogP contribution is -2.16. The van der Waals surface area contributed by atoms with Gasteiger partial charge in [0.25, 0.3) is 0 Å². The van der Waals surface area contributed by atoms with E-state index in [9.17, 15) is 0 Å². The van der Waals surface area contributed by atoms with Gasteiger partial charge in [0.05, 0.1) is 0 Å². The fraction of sp³-hybridized carbons (Fsp3) is 1.00. The number of rotatable bonds is 5. The van der Waals surface area contributed by atoms with E-state index in [-0.39, 0.29) is 5.41 Å². The Balaban J connectivity index is 2.06. The first-order valence-corrected chi connectivity index (χ1v) is 5.75. The molecule has 1 aliphatic rings. The highest BCUT2D eigenvalue weighted by molar-refractivity contribution is 4.71. The smallest absolute Gasteiger partial charge is 0.0482 e. The van der Waals surface area contributed by atoms with Crippen LogP contribution in [0.3, 0.4) is 0 Å². The normalized spacial score (nSPS) is 19.6. The largest absolute Gasteiger partial charge is 0.396 e. The van der Waals surface area contributed by atoms with Crippen LogP contribution in [0.25, 0.3) is 0 Å². The molecule has 1 N–H and O–H groups in total. The average molecular weight is 184 g/mol. The van der Waals surface area contributed by atoms with Crippen molar-refractivity contribution in [1.82, 2.24) is 0 Å². The summed E-state index contributed by atoms with van der Waals surface area (Å²) in [4.78, 5) is 0. The minimum atomic E-state index is 0.151. The molecule has 0 aromatic heterocycles. The summed E-state index contributed by atoms with van der Waals surface area (Å²) in [6, 6.07) is 0. The maximum Gasteiger partial charge on any atom is 0.0482 e. The molecule has 1 saturated carbocycles.